The molecule has 1 atom stereocenters. The zero-order valence-corrected chi connectivity index (χ0v) is 13.0. The number of nitrogens with one attached hydrogen (secondary N) is 1. The molecule has 1 aromatic carbocycles. The molecule has 0 fully saturated rings. The smallest absolute Gasteiger partial charge is 0.244 e. The molecule has 1 rings (SSSR count). The first-order valence-electron chi connectivity index (χ1n) is 7.39. The van der Waals surface area contributed by atoms with Gasteiger partial charge < -0.3 is 15.2 Å². The van der Waals surface area contributed by atoms with Gasteiger partial charge in [0.2, 0.25) is 5.91 Å². The van der Waals surface area contributed by atoms with Crippen LogP contribution in [0.3, 0.4) is 0 Å². The molecule has 1 unspecified atom stereocenters. The van der Waals surface area contributed by atoms with E-state index in [1.54, 1.807) is 6.08 Å². The Hall–Kier alpha value is -1.81. The molecular formula is C17H25NO3. The first-order valence-corrected chi connectivity index (χ1v) is 7.39. The summed E-state index contributed by atoms with van der Waals surface area (Å²) in [4.78, 5) is 11.9. The van der Waals surface area contributed by atoms with Gasteiger partial charge >= 0.3 is 0 Å². The molecule has 0 aromatic heterocycles. The van der Waals surface area contributed by atoms with Crippen LogP contribution in [-0.4, -0.2) is 30.3 Å². The van der Waals surface area contributed by atoms with Crippen molar-refractivity contribution in [3.63, 3.8) is 0 Å². The second kappa shape index (κ2) is 9.19. The molecule has 4 heteroatoms. The summed E-state index contributed by atoms with van der Waals surface area (Å²) >= 11 is 0. The molecule has 1 aromatic rings. The van der Waals surface area contributed by atoms with Crippen molar-refractivity contribution in [3.05, 3.63) is 35.9 Å². The van der Waals surface area contributed by atoms with Crippen LogP contribution in [-0.2, 0) is 4.79 Å². The van der Waals surface area contributed by atoms with Crippen molar-refractivity contribution in [2.45, 2.75) is 33.2 Å². The Morgan fingerprint density at radius 1 is 1.33 bits per heavy atom. The molecule has 0 aliphatic rings. The van der Waals surface area contributed by atoms with Crippen LogP contribution >= 0.6 is 0 Å². The van der Waals surface area contributed by atoms with E-state index in [0.717, 1.165) is 11.3 Å². The molecule has 21 heavy (non-hydrogen) atoms. The number of rotatable bonds is 8. The van der Waals surface area contributed by atoms with E-state index in [1.807, 2.05) is 45.0 Å². The van der Waals surface area contributed by atoms with Crippen LogP contribution in [0.5, 0.6) is 5.75 Å². The molecule has 4 nitrogen and oxygen atoms in total. The van der Waals surface area contributed by atoms with Gasteiger partial charge in [0, 0.05) is 18.7 Å². The summed E-state index contributed by atoms with van der Waals surface area (Å²) in [5.41, 5.74) is 0.942. The van der Waals surface area contributed by atoms with Crippen molar-refractivity contribution in [2.24, 2.45) is 5.92 Å². The first kappa shape index (κ1) is 17.2. The molecule has 0 saturated heterocycles. The van der Waals surface area contributed by atoms with Gasteiger partial charge in [-0.15, -0.1) is 0 Å². The molecule has 0 radical (unpaired) electrons. The van der Waals surface area contributed by atoms with Crippen LogP contribution in [0.1, 0.15) is 32.8 Å². The highest BCUT2D eigenvalue weighted by Crippen LogP contribution is 2.13. The number of benzene rings is 1. The van der Waals surface area contributed by atoms with Gasteiger partial charge in [-0.3, -0.25) is 4.79 Å². The lowest BCUT2D eigenvalue weighted by Crippen LogP contribution is -2.38. The fraction of sp³-hybridized carbons (Fsp3) is 0.471. The van der Waals surface area contributed by atoms with Crippen molar-refractivity contribution >= 4 is 12.0 Å². The predicted molar refractivity (Wildman–Crippen MR) is 85.1 cm³/mol. The monoisotopic (exact) mass is 291 g/mol. The molecule has 0 spiro atoms. The maximum Gasteiger partial charge on any atom is 0.244 e. The van der Waals surface area contributed by atoms with Crippen LogP contribution in [0.25, 0.3) is 6.08 Å². The number of hydrogen-bond acceptors (Lipinski definition) is 3. The third-order valence-corrected chi connectivity index (χ3v) is 3.19. The number of carbonyl (C=O) groups excluding carboxylic acids is 1. The average Bonchev–Trinajstić information content (AvgIpc) is 2.46. The third kappa shape index (κ3) is 6.45. The van der Waals surface area contributed by atoms with E-state index in [9.17, 15) is 4.79 Å². The SMILES string of the molecule is CCOc1ccc(/C=C/C(=O)NC(CCO)C(C)C)cc1. The Morgan fingerprint density at radius 3 is 2.52 bits per heavy atom. The highest BCUT2D eigenvalue weighted by Gasteiger charge is 2.13. The Morgan fingerprint density at radius 2 is 2.00 bits per heavy atom. The van der Waals surface area contributed by atoms with Crippen LogP contribution in [0.15, 0.2) is 30.3 Å². The quantitative estimate of drug-likeness (QED) is 0.724. The molecule has 116 valence electrons. The molecule has 0 heterocycles. The molecule has 0 aliphatic heterocycles. The van der Waals surface area contributed by atoms with Gasteiger partial charge in [0.25, 0.3) is 0 Å². The Kier molecular flexibility index (Phi) is 7.54. The zero-order chi connectivity index (χ0) is 15.7. The van der Waals surface area contributed by atoms with E-state index in [2.05, 4.69) is 5.32 Å². The Balaban J connectivity index is 2.56. The fourth-order valence-electron chi connectivity index (χ4n) is 1.96. The highest BCUT2D eigenvalue weighted by molar-refractivity contribution is 5.91. The number of aliphatic hydroxyl groups is 1. The van der Waals surface area contributed by atoms with Crippen molar-refractivity contribution in [2.75, 3.05) is 13.2 Å². The molecule has 0 aliphatic carbocycles. The molecule has 1 amide bonds. The van der Waals surface area contributed by atoms with E-state index < -0.39 is 0 Å². The lowest BCUT2D eigenvalue weighted by molar-refractivity contribution is -0.117. The van der Waals surface area contributed by atoms with Crippen molar-refractivity contribution in [3.8, 4) is 5.75 Å². The van der Waals surface area contributed by atoms with Crippen LogP contribution in [0.2, 0.25) is 0 Å². The lowest BCUT2D eigenvalue weighted by Gasteiger charge is -2.20. The van der Waals surface area contributed by atoms with Gasteiger partial charge in [-0.25, -0.2) is 0 Å². The van der Waals surface area contributed by atoms with Crippen molar-refractivity contribution in [1.82, 2.24) is 5.32 Å². The lowest BCUT2D eigenvalue weighted by atomic mass is 10.0. The first-order chi connectivity index (χ1) is 10.1. The van der Waals surface area contributed by atoms with Crippen LogP contribution in [0.4, 0.5) is 0 Å². The van der Waals surface area contributed by atoms with Gasteiger partial charge in [-0.2, -0.15) is 0 Å². The van der Waals surface area contributed by atoms with Gasteiger partial charge in [0.1, 0.15) is 5.75 Å². The number of amides is 1. The number of carbonyl (C=O) groups is 1. The largest absolute Gasteiger partial charge is 0.494 e. The van der Waals surface area contributed by atoms with Crippen LogP contribution in [0, 0.1) is 5.92 Å². The molecular weight excluding hydrogens is 266 g/mol. The second-order valence-corrected chi connectivity index (χ2v) is 5.21. The summed E-state index contributed by atoms with van der Waals surface area (Å²) in [6, 6.07) is 7.56. The number of ether oxygens (including phenoxy) is 1. The standard InChI is InChI=1S/C17H25NO3/c1-4-21-15-8-5-14(6-9-15)7-10-17(20)18-16(11-12-19)13(2)3/h5-10,13,16,19H,4,11-12H2,1-3H3,(H,18,20)/b10-7+. The fourth-order valence-corrected chi connectivity index (χ4v) is 1.96. The molecule has 2 N–H and O–H groups in total. The van der Waals surface area contributed by atoms with Crippen LogP contribution < -0.4 is 10.1 Å². The summed E-state index contributed by atoms with van der Waals surface area (Å²) in [6.45, 7) is 6.70. The number of aliphatic hydroxyl groups excluding tert-OH is 1. The third-order valence-electron chi connectivity index (χ3n) is 3.19. The van der Waals surface area contributed by atoms with E-state index in [0.29, 0.717) is 18.9 Å². The number of hydrogen-bond donors (Lipinski definition) is 2. The molecule has 0 saturated carbocycles. The second-order valence-electron chi connectivity index (χ2n) is 5.21. The summed E-state index contributed by atoms with van der Waals surface area (Å²) in [5.74, 6) is 0.970. The Bertz CT molecular complexity index is 452. The minimum atomic E-state index is -0.143. The maximum absolute atomic E-state index is 11.9. The van der Waals surface area contributed by atoms with E-state index in [-0.39, 0.29) is 18.6 Å². The normalized spacial score (nSPS) is 12.6. The summed E-state index contributed by atoms with van der Waals surface area (Å²) in [7, 11) is 0. The average molecular weight is 291 g/mol. The summed E-state index contributed by atoms with van der Waals surface area (Å²) < 4.78 is 5.37. The van der Waals surface area contributed by atoms with Gasteiger partial charge in [-0.1, -0.05) is 26.0 Å². The van der Waals surface area contributed by atoms with Gasteiger partial charge in [0.05, 0.1) is 6.61 Å². The van der Waals surface area contributed by atoms with E-state index in [4.69, 9.17) is 9.84 Å². The van der Waals surface area contributed by atoms with Gasteiger partial charge in [-0.05, 0) is 43.0 Å². The van der Waals surface area contributed by atoms with E-state index >= 15 is 0 Å². The predicted octanol–water partition coefficient (Wildman–Crippen LogP) is 2.62. The minimum Gasteiger partial charge on any atom is -0.494 e. The maximum atomic E-state index is 11.9. The highest BCUT2D eigenvalue weighted by atomic mass is 16.5. The van der Waals surface area contributed by atoms with E-state index in [1.165, 1.54) is 6.08 Å². The van der Waals surface area contributed by atoms with Crippen molar-refractivity contribution < 1.29 is 14.6 Å². The van der Waals surface area contributed by atoms with Crippen molar-refractivity contribution in [1.29, 1.82) is 0 Å². The topological polar surface area (TPSA) is 58.6 Å². The summed E-state index contributed by atoms with van der Waals surface area (Å²) in [6.07, 6.45) is 3.85. The zero-order valence-electron chi connectivity index (χ0n) is 13.0. The summed E-state index contributed by atoms with van der Waals surface area (Å²) in [5, 5.41) is 11.9. The van der Waals surface area contributed by atoms with Gasteiger partial charge in [0.15, 0.2) is 0 Å². The minimum absolute atomic E-state index is 0.00696. The Labute approximate surface area is 126 Å². The molecule has 0 bridgehead atoms.